The second-order valence-corrected chi connectivity index (χ2v) is 12.8. The van der Waals surface area contributed by atoms with E-state index in [1.54, 1.807) is 6.08 Å². The molecule has 0 bridgehead atoms. The fraction of sp³-hybridized carbons (Fsp3) is 0.643. The number of carboxylic acids is 1. The molecule has 0 saturated heterocycles. The number of aromatic hydroxyl groups is 3. The molecule has 4 aliphatic carbocycles. The maximum atomic E-state index is 13.3. The van der Waals surface area contributed by atoms with Crippen molar-refractivity contribution in [1.29, 1.82) is 0 Å². The topological polar surface area (TPSA) is 115 Å². The minimum atomic E-state index is -0.745. The van der Waals surface area contributed by atoms with Crippen molar-refractivity contribution < 1.29 is 30.0 Å². The summed E-state index contributed by atoms with van der Waals surface area (Å²) in [6.07, 6.45) is 7.32. The van der Waals surface area contributed by atoms with Crippen molar-refractivity contribution in [1.82, 2.24) is 0 Å². The lowest BCUT2D eigenvalue weighted by molar-refractivity contribution is -0.177. The van der Waals surface area contributed by atoms with Crippen LogP contribution in [0.4, 0.5) is 0 Å². The molecule has 6 unspecified atom stereocenters. The lowest BCUT2D eigenvalue weighted by Gasteiger charge is -2.69. The maximum Gasteiger partial charge on any atom is 0.309 e. The van der Waals surface area contributed by atoms with Gasteiger partial charge in [0.05, 0.1) is 11.0 Å². The Morgan fingerprint density at radius 1 is 0.912 bits per heavy atom. The van der Waals surface area contributed by atoms with Gasteiger partial charge in [-0.15, -0.1) is 0 Å². The number of hydrogen-bond acceptors (Lipinski definition) is 5. The van der Waals surface area contributed by atoms with E-state index in [-0.39, 0.29) is 33.5 Å². The lowest BCUT2D eigenvalue weighted by atomic mass is 9.34. The van der Waals surface area contributed by atoms with E-state index in [9.17, 15) is 30.0 Å². The lowest BCUT2D eigenvalue weighted by Crippen LogP contribution is -2.62. The van der Waals surface area contributed by atoms with Gasteiger partial charge in [-0.25, -0.2) is 0 Å². The van der Waals surface area contributed by atoms with E-state index >= 15 is 0 Å². The molecule has 0 aliphatic heterocycles. The highest BCUT2D eigenvalue weighted by atomic mass is 16.4. The summed E-state index contributed by atoms with van der Waals surface area (Å²) in [4.78, 5) is 25.5. The second kappa shape index (κ2) is 6.58. The fourth-order valence-corrected chi connectivity index (χ4v) is 8.50. The van der Waals surface area contributed by atoms with Crippen molar-refractivity contribution in [3.63, 3.8) is 0 Å². The highest BCUT2D eigenvalue weighted by Crippen LogP contribution is 2.74. The summed E-state index contributed by atoms with van der Waals surface area (Å²) in [7, 11) is 0. The number of rotatable bonds is 1. The van der Waals surface area contributed by atoms with Crippen molar-refractivity contribution in [3.05, 3.63) is 28.8 Å². The van der Waals surface area contributed by atoms with Gasteiger partial charge in [-0.2, -0.15) is 0 Å². The number of carboxylic acid groups (broad SMARTS) is 1. The van der Waals surface area contributed by atoms with Crippen LogP contribution in [-0.2, 0) is 10.2 Å². The Labute approximate surface area is 200 Å². The third-order valence-electron chi connectivity index (χ3n) is 11.2. The average Bonchev–Trinajstić information content (AvgIpc) is 2.77. The van der Waals surface area contributed by atoms with Crippen LogP contribution in [0, 0.1) is 27.6 Å². The molecule has 6 atom stereocenters. The Morgan fingerprint density at radius 2 is 1.56 bits per heavy atom. The van der Waals surface area contributed by atoms with Crippen LogP contribution < -0.4 is 0 Å². The third kappa shape index (κ3) is 2.57. The summed E-state index contributed by atoms with van der Waals surface area (Å²) in [6, 6.07) is 1.44. The van der Waals surface area contributed by atoms with Gasteiger partial charge in [-0.05, 0) is 97.3 Å². The van der Waals surface area contributed by atoms with Gasteiger partial charge in [-0.3, -0.25) is 9.59 Å². The molecular formula is C28H36O6. The molecule has 184 valence electrons. The van der Waals surface area contributed by atoms with Crippen LogP contribution in [0.5, 0.6) is 17.2 Å². The number of fused-ring (bicyclic) bond motifs is 7. The van der Waals surface area contributed by atoms with Gasteiger partial charge < -0.3 is 20.4 Å². The molecule has 3 saturated carbocycles. The van der Waals surface area contributed by atoms with Crippen molar-refractivity contribution >= 4 is 11.8 Å². The van der Waals surface area contributed by atoms with Crippen LogP contribution in [-0.4, -0.2) is 32.2 Å². The van der Waals surface area contributed by atoms with E-state index in [0.29, 0.717) is 24.8 Å². The van der Waals surface area contributed by atoms with Crippen LogP contribution in [0.2, 0.25) is 0 Å². The van der Waals surface area contributed by atoms with Crippen LogP contribution in [0.1, 0.15) is 95.5 Å². The molecule has 6 nitrogen and oxygen atoms in total. The molecule has 1 aromatic carbocycles. The summed E-state index contributed by atoms with van der Waals surface area (Å²) in [5, 5.41) is 40.9. The van der Waals surface area contributed by atoms with Crippen molar-refractivity contribution in [2.24, 2.45) is 27.6 Å². The van der Waals surface area contributed by atoms with Gasteiger partial charge >= 0.3 is 5.97 Å². The highest BCUT2D eigenvalue weighted by Gasteiger charge is 2.67. The van der Waals surface area contributed by atoms with Gasteiger partial charge in [-0.1, -0.05) is 27.7 Å². The fourth-order valence-electron chi connectivity index (χ4n) is 8.50. The first-order chi connectivity index (χ1) is 15.6. The first-order valence-electron chi connectivity index (χ1n) is 12.4. The van der Waals surface area contributed by atoms with Crippen LogP contribution >= 0.6 is 0 Å². The van der Waals surface area contributed by atoms with E-state index in [2.05, 4.69) is 27.7 Å². The van der Waals surface area contributed by atoms with E-state index in [4.69, 9.17) is 0 Å². The zero-order valence-corrected chi connectivity index (χ0v) is 20.8. The Kier molecular flexibility index (Phi) is 4.50. The van der Waals surface area contributed by atoms with Crippen LogP contribution in [0.25, 0.3) is 0 Å². The molecular weight excluding hydrogens is 432 g/mol. The molecule has 4 aliphatic rings. The summed E-state index contributed by atoms with van der Waals surface area (Å²) in [5.74, 6) is -2.52. The highest BCUT2D eigenvalue weighted by molar-refractivity contribution is 6.11. The SMILES string of the molecule is CC1(C(=O)O)CCC2(C)CCC3(C)C4=CC(=O)c5c(cc(O)c(O)c5O)C4(C)CCC3(C)C2C1. The largest absolute Gasteiger partial charge is 0.504 e. The first kappa shape index (κ1) is 23.3. The molecule has 6 heteroatoms. The number of phenols is 3. The number of benzene rings is 1. The van der Waals surface area contributed by atoms with Gasteiger partial charge in [0.1, 0.15) is 0 Å². The van der Waals surface area contributed by atoms with E-state index < -0.39 is 34.0 Å². The molecule has 0 radical (unpaired) electrons. The zero-order valence-electron chi connectivity index (χ0n) is 20.8. The smallest absolute Gasteiger partial charge is 0.309 e. The first-order valence-corrected chi connectivity index (χ1v) is 12.4. The summed E-state index contributed by atoms with van der Waals surface area (Å²) in [5.41, 5.74) is -0.123. The van der Waals surface area contributed by atoms with E-state index in [0.717, 1.165) is 31.3 Å². The van der Waals surface area contributed by atoms with E-state index in [1.165, 1.54) is 6.07 Å². The van der Waals surface area contributed by atoms with Gasteiger partial charge in [0.15, 0.2) is 17.3 Å². The Hall–Kier alpha value is -2.50. The number of carbonyl (C=O) groups excluding carboxylic acids is 1. The monoisotopic (exact) mass is 468 g/mol. The number of carbonyl (C=O) groups is 2. The standard InChI is InChI=1S/C28H36O6/c1-24-6-7-25(2,23(33)34)14-19(24)28(5)11-9-26(3)15-12-17(30)21(31)22(32)20(15)16(29)13-18(26)27(28,4)10-8-24/h12-13,19,30-32H,6-11,14H2,1-5H3,(H,33,34). The van der Waals surface area contributed by atoms with Crippen LogP contribution in [0.15, 0.2) is 17.7 Å². The quantitative estimate of drug-likeness (QED) is 0.394. The zero-order chi connectivity index (χ0) is 25.1. The minimum absolute atomic E-state index is 0.0659. The predicted molar refractivity (Wildman–Crippen MR) is 127 cm³/mol. The second-order valence-electron chi connectivity index (χ2n) is 12.8. The Morgan fingerprint density at radius 3 is 2.21 bits per heavy atom. The molecule has 4 N–H and O–H groups in total. The number of allylic oxidation sites excluding steroid dienone is 2. The molecule has 3 fully saturated rings. The molecule has 34 heavy (non-hydrogen) atoms. The number of aliphatic carboxylic acids is 1. The van der Waals surface area contributed by atoms with Gasteiger partial charge in [0.2, 0.25) is 5.75 Å². The molecule has 0 spiro atoms. The minimum Gasteiger partial charge on any atom is -0.504 e. The normalized spacial score (nSPS) is 43.1. The number of hydrogen-bond donors (Lipinski definition) is 4. The van der Waals surface area contributed by atoms with Crippen molar-refractivity contribution in [3.8, 4) is 17.2 Å². The number of phenolic OH excluding ortho intramolecular Hbond substituents is 3. The molecule has 0 amide bonds. The van der Waals surface area contributed by atoms with Crippen molar-refractivity contribution in [2.75, 3.05) is 0 Å². The molecule has 1 aromatic rings. The predicted octanol–water partition coefficient (Wildman–Crippen LogP) is 5.68. The molecule has 5 rings (SSSR count). The summed E-state index contributed by atoms with van der Waals surface area (Å²) < 4.78 is 0. The summed E-state index contributed by atoms with van der Waals surface area (Å²) >= 11 is 0. The third-order valence-corrected chi connectivity index (χ3v) is 11.2. The van der Waals surface area contributed by atoms with E-state index in [1.807, 2.05) is 6.92 Å². The average molecular weight is 469 g/mol. The Bertz CT molecular complexity index is 1170. The molecule has 0 aromatic heterocycles. The number of ketones is 1. The maximum absolute atomic E-state index is 13.3. The Balaban J connectivity index is 1.67. The van der Waals surface area contributed by atoms with Gasteiger partial charge in [0.25, 0.3) is 0 Å². The van der Waals surface area contributed by atoms with Crippen molar-refractivity contribution in [2.45, 2.75) is 85.0 Å². The molecule has 0 heterocycles. The van der Waals surface area contributed by atoms with Gasteiger partial charge in [0, 0.05) is 5.41 Å². The summed E-state index contributed by atoms with van der Waals surface area (Å²) in [6.45, 7) is 10.8. The van der Waals surface area contributed by atoms with Crippen LogP contribution in [0.3, 0.4) is 0 Å².